The maximum Gasteiger partial charge on any atom is 0.242 e. The number of nitrogens with zero attached hydrogens (tertiary/aromatic N) is 2. The molecule has 2 rings (SSSR count). The van der Waals surface area contributed by atoms with Gasteiger partial charge in [-0.15, -0.1) is 0 Å². The molecule has 1 heterocycles. The predicted octanol–water partition coefficient (Wildman–Crippen LogP) is 2.37. The Morgan fingerprint density at radius 2 is 2.10 bits per heavy atom. The van der Waals surface area contributed by atoms with Crippen LogP contribution in [-0.4, -0.2) is 39.0 Å². The van der Waals surface area contributed by atoms with Gasteiger partial charge in [-0.1, -0.05) is 27.5 Å². The minimum Gasteiger partial charge on any atom is -0.290 e. The van der Waals surface area contributed by atoms with Gasteiger partial charge in [-0.3, -0.25) is 4.90 Å². The van der Waals surface area contributed by atoms with Crippen LogP contribution in [0.1, 0.15) is 12.8 Å². The second-order valence-corrected chi connectivity index (χ2v) is 7.91. The van der Waals surface area contributed by atoms with Gasteiger partial charge in [-0.2, -0.15) is 5.26 Å². The Morgan fingerprint density at radius 1 is 1.43 bits per heavy atom. The minimum atomic E-state index is -3.62. The van der Waals surface area contributed by atoms with Crippen molar-refractivity contribution in [1.29, 1.82) is 5.26 Å². The lowest BCUT2D eigenvalue weighted by Gasteiger charge is -2.30. The maximum absolute atomic E-state index is 12.4. The largest absolute Gasteiger partial charge is 0.290 e. The number of nitrogens with one attached hydrogen (secondary N) is 1. The Bertz CT molecular complexity index is 652. The van der Waals surface area contributed by atoms with E-state index in [-0.39, 0.29) is 16.0 Å². The summed E-state index contributed by atoms with van der Waals surface area (Å²) in [5.74, 6) is 0. The lowest BCUT2D eigenvalue weighted by molar-refractivity contribution is 0.229. The van der Waals surface area contributed by atoms with Gasteiger partial charge >= 0.3 is 0 Å². The van der Waals surface area contributed by atoms with Crippen LogP contribution in [0, 0.1) is 11.3 Å². The summed E-state index contributed by atoms with van der Waals surface area (Å²) in [4.78, 5) is 2.10. The predicted molar refractivity (Wildman–Crippen MR) is 84.5 cm³/mol. The molecule has 0 radical (unpaired) electrons. The van der Waals surface area contributed by atoms with E-state index in [0.717, 1.165) is 17.6 Å². The first kappa shape index (κ1) is 16.7. The van der Waals surface area contributed by atoms with Crippen LogP contribution in [0.4, 0.5) is 0 Å². The summed E-state index contributed by atoms with van der Waals surface area (Å²) >= 11 is 9.25. The van der Waals surface area contributed by atoms with Gasteiger partial charge in [0.05, 0.1) is 17.6 Å². The quantitative estimate of drug-likeness (QED) is 0.798. The van der Waals surface area contributed by atoms with Crippen LogP contribution in [0.3, 0.4) is 0 Å². The summed E-state index contributed by atoms with van der Waals surface area (Å²) < 4.78 is 28.2. The van der Waals surface area contributed by atoms with Crippen molar-refractivity contribution in [2.24, 2.45) is 0 Å². The number of halogens is 2. The number of sulfonamides is 1. The Hall–Kier alpha value is -0.650. The van der Waals surface area contributed by atoms with E-state index in [0.29, 0.717) is 19.4 Å². The van der Waals surface area contributed by atoms with Crippen molar-refractivity contribution in [3.05, 3.63) is 27.7 Å². The van der Waals surface area contributed by atoms with Crippen molar-refractivity contribution in [1.82, 2.24) is 9.62 Å². The first-order valence-electron chi connectivity index (χ1n) is 6.49. The van der Waals surface area contributed by atoms with Crippen molar-refractivity contribution in [2.75, 3.05) is 19.6 Å². The molecule has 0 aliphatic carbocycles. The Kier molecular flexibility index (Phi) is 5.63. The maximum atomic E-state index is 12.4. The van der Waals surface area contributed by atoms with Crippen molar-refractivity contribution in [3.8, 4) is 6.07 Å². The molecule has 0 unspecified atom stereocenters. The molecule has 0 atom stereocenters. The zero-order valence-corrected chi connectivity index (χ0v) is 14.4. The number of hydrogen-bond donors (Lipinski definition) is 1. The lowest BCUT2D eigenvalue weighted by atomic mass is 10.1. The molecule has 1 saturated heterocycles. The molecule has 0 aromatic heterocycles. The average molecular weight is 393 g/mol. The molecule has 1 aliphatic rings. The topological polar surface area (TPSA) is 73.2 Å². The molecule has 1 aromatic rings. The third kappa shape index (κ3) is 4.41. The van der Waals surface area contributed by atoms with E-state index in [1.165, 1.54) is 6.07 Å². The summed E-state index contributed by atoms with van der Waals surface area (Å²) in [5.41, 5.74) is 0. The molecule has 1 aromatic carbocycles. The van der Waals surface area contributed by atoms with E-state index in [4.69, 9.17) is 16.9 Å². The van der Waals surface area contributed by atoms with E-state index < -0.39 is 10.0 Å². The minimum absolute atomic E-state index is 0.0896. The van der Waals surface area contributed by atoms with Gasteiger partial charge in [0.1, 0.15) is 4.90 Å². The Labute approximate surface area is 138 Å². The SMILES string of the molecule is N#CCN1CCC(NS(=O)(=O)c2ccc(Br)cc2Cl)CC1. The van der Waals surface area contributed by atoms with E-state index in [1.807, 2.05) is 4.90 Å². The normalized spacial score (nSPS) is 17.6. The summed E-state index contributed by atoms with van der Waals surface area (Å²) in [5, 5.41) is 8.84. The van der Waals surface area contributed by atoms with E-state index in [1.54, 1.807) is 12.1 Å². The van der Waals surface area contributed by atoms with Gasteiger partial charge in [0, 0.05) is 23.6 Å². The second-order valence-electron chi connectivity index (χ2n) is 4.90. The molecule has 0 spiro atoms. The molecule has 0 bridgehead atoms. The molecule has 21 heavy (non-hydrogen) atoms. The van der Waals surface area contributed by atoms with Crippen molar-refractivity contribution in [2.45, 2.75) is 23.8 Å². The highest BCUT2D eigenvalue weighted by atomic mass is 79.9. The summed E-state index contributed by atoms with van der Waals surface area (Å²) in [6.45, 7) is 1.82. The molecule has 0 saturated carbocycles. The van der Waals surface area contributed by atoms with Gasteiger partial charge in [-0.25, -0.2) is 13.1 Å². The van der Waals surface area contributed by atoms with Crippen LogP contribution >= 0.6 is 27.5 Å². The van der Waals surface area contributed by atoms with Gasteiger partial charge in [-0.05, 0) is 31.0 Å². The first-order chi connectivity index (χ1) is 9.92. The van der Waals surface area contributed by atoms with Crippen LogP contribution in [0.2, 0.25) is 5.02 Å². The van der Waals surface area contributed by atoms with Crippen LogP contribution in [-0.2, 0) is 10.0 Å². The number of nitriles is 1. The van der Waals surface area contributed by atoms with Crippen LogP contribution in [0.5, 0.6) is 0 Å². The highest BCUT2D eigenvalue weighted by molar-refractivity contribution is 9.10. The lowest BCUT2D eigenvalue weighted by Crippen LogP contribution is -2.44. The standard InChI is InChI=1S/C13H15BrClN3O2S/c14-10-1-2-13(12(15)9-10)21(19,20)17-11-3-6-18(7-4-11)8-5-16/h1-2,9,11,17H,3-4,6-8H2. The molecule has 8 heteroatoms. The number of likely N-dealkylation sites (tertiary alicyclic amines) is 1. The molecule has 1 aliphatic heterocycles. The first-order valence-corrected chi connectivity index (χ1v) is 9.14. The van der Waals surface area contributed by atoms with Crippen LogP contribution < -0.4 is 4.72 Å². The van der Waals surface area contributed by atoms with Crippen molar-refractivity contribution < 1.29 is 8.42 Å². The third-order valence-corrected chi connectivity index (χ3v) is 5.88. The van der Waals surface area contributed by atoms with E-state index in [9.17, 15) is 8.42 Å². The smallest absolute Gasteiger partial charge is 0.242 e. The number of hydrogen-bond acceptors (Lipinski definition) is 4. The van der Waals surface area contributed by atoms with Crippen molar-refractivity contribution >= 4 is 37.6 Å². The zero-order chi connectivity index (χ0) is 15.5. The molecular weight excluding hydrogens is 378 g/mol. The highest BCUT2D eigenvalue weighted by Gasteiger charge is 2.25. The van der Waals surface area contributed by atoms with Gasteiger partial charge in [0.2, 0.25) is 10.0 Å². The summed E-state index contributed by atoms with van der Waals surface area (Å²) in [6.07, 6.45) is 1.38. The third-order valence-electron chi connectivity index (χ3n) is 3.39. The molecular formula is C13H15BrClN3O2S. The fourth-order valence-electron chi connectivity index (χ4n) is 2.28. The summed E-state index contributed by atoms with van der Waals surface area (Å²) in [7, 11) is -3.62. The monoisotopic (exact) mass is 391 g/mol. The Balaban J connectivity index is 2.04. The highest BCUT2D eigenvalue weighted by Crippen LogP contribution is 2.26. The number of rotatable bonds is 4. The fraction of sp³-hybridized carbons (Fsp3) is 0.462. The van der Waals surface area contributed by atoms with Crippen LogP contribution in [0.25, 0.3) is 0 Å². The van der Waals surface area contributed by atoms with Gasteiger partial charge in [0.15, 0.2) is 0 Å². The molecule has 5 nitrogen and oxygen atoms in total. The number of piperidine rings is 1. The molecule has 114 valence electrons. The second kappa shape index (κ2) is 7.07. The molecule has 1 fully saturated rings. The molecule has 1 N–H and O–H groups in total. The van der Waals surface area contributed by atoms with Gasteiger partial charge in [0.25, 0.3) is 0 Å². The Morgan fingerprint density at radius 3 is 2.67 bits per heavy atom. The average Bonchev–Trinajstić information content (AvgIpc) is 2.40. The molecule has 0 amide bonds. The van der Waals surface area contributed by atoms with Crippen molar-refractivity contribution in [3.63, 3.8) is 0 Å². The van der Waals surface area contributed by atoms with E-state index in [2.05, 4.69) is 26.7 Å². The van der Waals surface area contributed by atoms with E-state index >= 15 is 0 Å². The summed E-state index contributed by atoms with van der Waals surface area (Å²) in [6, 6.07) is 6.68. The zero-order valence-electron chi connectivity index (χ0n) is 11.2. The number of benzene rings is 1. The van der Waals surface area contributed by atoms with Crippen LogP contribution in [0.15, 0.2) is 27.6 Å². The van der Waals surface area contributed by atoms with Gasteiger partial charge < -0.3 is 0 Å². The fourth-order valence-corrected chi connectivity index (χ4v) is 4.63.